The third kappa shape index (κ3) is 4.00. The highest BCUT2D eigenvalue weighted by Crippen LogP contribution is 2.51. The molecule has 0 fully saturated rings. The number of furan rings is 1. The van der Waals surface area contributed by atoms with Gasteiger partial charge in [0.2, 0.25) is 0 Å². The van der Waals surface area contributed by atoms with E-state index in [-0.39, 0.29) is 11.5 Å². The lowest BCUT2D eigenvalue weighted by molar-refractivity contribution is 0.661. The molecule has 0 amide bonds. The van der Waals surface area contributed by atoms with Gasteiger partial charge in [0.15, 0.2) is 0 Å². The predicted octanol–water partition coefficient (Wildman–Crippen LogP) is 12.6. The molecule has 1 N–H and O–H groups in total. The van der Waals surface area contributed by atoms with Crippen molar-refractivity contribution in [3.8, 4) is 16.8 Å². The van der Waals surface area contributed by atoms with Crippen molar-refractivity contribution >= 4 is 55.0 Å². The summed E-state index contributed by atoms with van der Waals surface area (Å²) in [5.41, 5.74) is 16.6. The normalized spacial score (nSPS) is 15.9. The van der Waals surface area contributed by atoms with Crippen LogP contribution >= 0.6 is 0 Å². The molecule has 3 nitrogen and oxygen atoms in total. The summed E-state index contributed by atoms with van der Waals surface area (Å²) in [6.07, 6.45) is 2.37. The maximum absolute atomic E-state index is 6.74. The molecule has 7 aromatic carbocycles. The lowest BCUT2D eigenvalue weighted by atomic mass is 9.82. The molecule has 2 aromatic heterocycles. The lowest BCUT2D eigenvalue weighted by Crippen LogP contribution is -2.15. The molecule has 0 saturated carbocycles. The second kappa shape index (κ2) is 10.3. The number of aromatic nitrogens is 1. The van der Waals surface area contributed by atoms with E-state index in [1.54, 1.807) is 0 Å². The van der Waals surface area contributed by atoms with Crippen LogP contribution in [-0.4, -0.2) is 4.57 Å². The van der Waals surface area contributed by atoms with Gasteiger partial charge < -0.3 is 14.3 Å². The number of fused-ring (bicyclic) bond motifs is 10. The monoisotopic (exact) mass is 654 g/mol. The van der Waals surface area contributed by atoms with E-state index in [4.69, 9.17) is 4.42 Å². The van der Waals surface area contributed by atoms with Crippen LogP contribution in [0.1, 0.15) is 47.7 Å². The second-order valence-electron chi connectivity index (χ2n) is 14.6. The summed E-state index contributed by atoms with van der Waals surface area (Å²) in [6, 6.07) is 55.1. The van der Waals surface area contributed by atoms with Crippen molar-refractivity contribution < 1.29 is 4.42 Å². The fraction of sp³-hybridized carbons (Fsp3) is 0.0833. The summed E-state index contributed by atoms with van der Waals surface area (Å²) >= 11 is 0. The minimum absolute atomic E-state index is 0.0608. The van der Waals surface area contributed by atoms with E-state index >= 15 is 0 Å². The lowest BCUT2D eigenvalue weighted by Gasteiger charge is -2.27. The summed E-state index contributed by atoms with van der Waals surface area (Å²) in [5, 5.41) is 8.57. The van der Waals surface area contributed by atoms with Crippen LogP contribution in [0.4, 0.5) is 5.69 Å². The predicted molar refractivity (Wildman–Crippen MR) is 212 cm³/mol. The zero-order valence-electron chi connectivity index (χ0n) is 28.4. The van der Waals surface area contributed by atoms with Gasteiger partial charge in [-0.15, -0.1) is 0 Å². The maximum Gasteiger partial charge on any atom is 0.137 e. The molecule has 1 aliphatic heterocycles. The van der Waals surface area contributed by atoms with Gasteiger partial charge in [0.25, 0.3) is 0 Å². The Balaban J connectivity index is 1.12. The van der Waals surface area contributed by atoms with Crippen LogP contribution in [0.3, 0.4) is 0 Å². The number of hydrogen-bond donors (Lipinski definition) is 1. The summed E-state index contributed by atoms with van der Waals surface area (Å²) in [4.78, 5) is 0. The molecule has 51 heavy (non-hydrogen) atoms. The third-order valence-electron chi connectivity index (χ3n) is 11.4. The first-order valence-corrected chi connectivity index (χ1v) is 17.8. The molecule has 0 radical (unpaired) electrons. The average Bonchev–Trinajstić information content (AvgIpc) is 3.79. The highest BCUT2D eigenvalue weighted by Gasteiger charge is 2.36. The first kappa shape index (κ1) is 28.5. The Kier molecular flexibility index (Phi) is 5.79. The summed E-state index contributed by atoms with van der Waals surface area (Å²) in [6.45, 7) is 4.71. The van der Waals surface area contributed by atoms with Gasteiger partial charge in [0.05, 0.1) is 17.1 Å². The van der Waals surface area contributed by atoms with E-state index in [1.807, 2.05) is 0 Å². The standard InChI is InChI=1S/C48H34N2O/c1-48(2)39-19-9-6-15-31(39)37-26-38-33-17-8-11-21-43(33)50(44(38)28-40(37)48)30-23-24-35-46(25-30)51-45-22-12-18-34(47(35)45)36-27-42(29-13-4-3-5-14-29)49-41-20-10-7-16-32(36)41/h3-28,42,49H,1-2H3. The molecule has 3 heterocycles. The van der Waals surface area contributed by atoms with Crippen LogP contribution in [0.25, 0.3) is 66.1 Å². The first-order valence-electron chi connectivity index (χ1n) is 17.8. The Morgan fingerprint density at radius 3 is 2.22 bits per heavy atom. The van der Waals surface area contributed by atoms with Crippen LogP contribution < -0.4 is 5.32 Å². The minimum atomic E-state index is -0.0814. The van der Waals surface area contributed by atoms with Gasteiger partial charge in [0, 0.05) is 50.0 Å². The topological polar surface area (TPSA) is 30.1 Å². The first-order chi connectivity index (χ1) is 25.0. The zero-order valence-corrected chi connectivity index (χ0v) is 28.4. The molecule has 9 aromatic rings. The van der Waals surface area contributed by atoms with Crippen LogP contribution in [0.15, 0.2) is 162 Å². The van der Waals surface area contributed by atoms with Crippen molar-refractivity contribution in [2.45, 2.75) is 25.3 Å². The molecule has 1 aliphatic carbocycles. The Hall–Kier alpha value is -6.32. The SMILES string of the molecule is CC1(C)c2ccccc2-c2cc3c4ccccc4n(-c4ccc5c(c4)oc4cccc(C6=CC(c7ccccc7)Nc7ccccc76)c45)c3cc21. The minimum Gasteiger partial charge on any atom is -0.456 e. The summed E-state index contributed by atoms with van der Waals surface area (Å²) in [5.74, 6) is 0. The Morgan fingerprint density at radius 2 is 1.31 bits per heavy atom. The van der Waals surface area contributed by atoms with E-state index in [1.165, 1.54) is 66.3 Å². The maximum atomic E-state index is 6.74. The summed E-state index contributed by atoms with van der Waals surface area (Å²) in [7, 11) is 0. The van der Waals surface area contributed by atoms with Crippen molar-refractivity contribution in [2.24, 2.45) is 0 Å². The van der Waals surface area contributed by atoms with Gasteiger partial charge in [-0.05, 0) is 87.5 Å². The van der Waals surface area contributed by atoms with Crippen molar-refractivity contribution in [2.75, 3.05) is 5.32 Å². The fourth-order valence-corrected chi connectivity index (χ4v) is 9.00. The molecule has 2 aliphatic rings. The molecular weight excluding hydrogens is 621 g/mol. The quantitative estimate of drug-likeness (QED) is 0.205. The number of nitrogens with zero attached hydrogens (tertiary/aromatic N) is 1. The van der Waals surface area contributed by atoms with E-state index in [9.17, 15) is 0 Å². The van der Waals surface area contributed by atoms with Gasteiger partial charge in [-0.1, -0.05) is 117 Å². The van der Waals surface area contributed by atoms with E-state index in [0.29, 0.717) is 0 Å². The van der Waals surface area contributed by atoms with Crippen LogP contribution in [0, 0.1) is 0 Å². The second-order valence-corrected chi connectivity index (χ2v) is 14.6. The smallest absolute Gasteiger partial charge is 0.137 e. The largest absolute Gasteiger partial charge is 0.456 e. The molecule has 0 bridgehead atoms. The van der Waals surface area contributed by atoms with Crippen molar-refractivity contribution in [3.05, 3.63) is 186 Å². The Labute approximate surface area is 296 Å². The molecule has 1 unspecified atom stereocenters. The van der Waals surface area contributed by atoms with Crippen LogP contribution in [0.5, 0.6) is 0 Å². The van der Waals surface area contributed by atoms with E-state index in [0.717, 1.165) is 33.3 Å². The van der Waals surface area contributed by atoms with Gasteiger partial charge >= 0.3 is 0 Å². The van der Waals surface area contributed by atoms with Crippen molar-refractivity contribution in [1.82, 2.24) is 4.57 Å². The molecule has 1 atom stereocenters. The molecule has 242 valence electrons. The third-order valence-corrected chi connectivity index (χ3v) is 11.4. The van der Waals surface area contributed by atoms with Gasteiger partial charge in [-0.2, -0.15) is 0 Å². The van der Waals surface area contributed by atoms with E-state index in [2.05, 4.69) is 181 Å². The highest BCUT2D eigenvalue weighted by molar-refractivity contribution is 6.14. The molecule has 0 spiro atoms. The Morgan fingerprint density at radius 1 is 0.549 bits per heavy atom. The van der Waals surface area contributed by atoms with Gasteiger partial charge in [-0.25, -0.2) is 0 Å². The van der Waals surface area contributed by atoms with Crippen molar-refractivity contribution in [1.29, 1.82) is 0 Å². The average molecular weight is 655 g/mol. The number of nitrogens with one attached hydrogen (secondary N) is 1. The fourth-order valence-electron chi connectivity index (χ4n) is 9.00. The van der Waals surface area contributed by atoms with Crippen LogP contribution in [-0.2, 0) is 5.41 Å². The van der Waals surface area contributed by atoms with Crippen molar-refractivity contribution in [3.63, 3.8) is 0 Å². The molecular formula is C48H34N2O. The van der Waals surface area contributed by atoms with Crippen LogP contribution in [0.2, 0.25) is 0 Å². The number of benzene rings is 7. The summed E-state index contributed by atoms with van der Waals surface area (Å²) < 4.78 is 9.16. The molecule has 11 rings (SSSR count). The highest BCUT2D eigenvalue weighted by atomic mass is 16.3. The number of para-hydroxylation sites is 2. The molecule has 3 heteroatoms. The molecule has 0 saturated heterocycles. The number of anilines is 1. The zero-order chi connectivity index (χ0) is 33.8. The number of hydrogen-bond acceptors (Lipinski definition) is 2. The van der Waals surface area contributed by atoms with E-state index < -0.39 is 0 Å². The van der Waals surface area contributed by atoms with Gasteiger partial charge in [0.1, 0.15) is 11.2 Å². The van der Waals surface area contributed by atoms with Gasteiger partial charge in [-0.3, -0.25) is 0 Å². The number of rotatable bonds is 3. The Bertz CT molecular complexity index is 2920.